The van der Waals surface area contributed by atoms with Crippen molar-refractivity contribution in [2.75, 3.05) is 6.54 Å². The van der Waals surface area contributed by atoms with Gasteiger partial charge in [0.2, 0.25) is 5.91 Å². The lowest BCUT2D eigenvalue weighted by molar-refractivity contribution is -0.127. The quantitative estimate of drug-likeness (QED) is 0.316. The summed E-state index contributed by atoms with van der Waals surface area (Å²) in [5, 5.41) is 8.70. The molecular weight excluding hydrogens is 308 g/mol. The van der Waals surface area contributed by atoms with E-state index in [2.05, 4.69) is 36.7 Å². The van der Waals surface area contributed by atoms with Crippen LogP contribution in [0.5, 0.6) is 0 Å². The second kappa shape index (κ2) is 11.0. The molecule has 0 aliphatic heterocycles. The van der Waals surface area contributed by atoms with Gasteiger partial charge in [0.05, 0.1) is 12.1 Å². The molecule has 0 aromatic carbocycles. The molecule has 0 aromatic heterocycles. The second-order valence-corrected chi connectivity index (χ2v) is 6.82. The molecule has 0 bridgehead atoms. The molecule has 0 aliphatic rings. The summed E-state index contributed by atoms with van der Waals surface area (Å²) in [7, 11) is 0. The van der Waals surface area contributed by atoms with Crippen LogP contribution in [-0.2, 0) is 9.59 Å². The number of rotatable bonds is 12. The van der Waals surface area contributed by atoms with Crippen LogP contribution >= 0.6 is 0 Å². The third kappa shape index (κ3) is 8.29. The van der Waals surface area contributed by atoms with Gasteiger partial charge in [0.1, 0.15) is 6.29 Å². The average molecular weight is 342 g/mol. The number of hydrogen-bond donors (Lipinski definition) is 4. The van der Waals surface area contributed by atoms with Crippen molar-refractivity contribution in [1.82, 2.24) is 16.0 Å². The van der Waals surface area contributed by atoms with E-state index in [4.69, 9.17) is 5.73 Å². The predicted octanol–water partition coefficient (Wildman–Crippen LogP) is 1.31. The Morgan fingerprint density at radius 1 is 1.21 bits per heavy atom. The minimum Gasteiger partial charge on any atom is -0.352 e. The summed E-state index contributed by atoms with van der Waals surface area (Å²) in [5.74, 6) is -0.0654. The normalized spacial score (nSPS) is 14.1. The van der Waals surface area contributed by atoms with Gasteiger partial charge in [-0.15, -0.1) is 0 Å². The van der Waals surface area contributed by atoms with E-state index in [1.807, 2.05) is 13.8 Å². The largest absolute Gasteiger partial charge is 0.352 e. The van der Waals surface area contributed by atoms with Crippen molar-refractivity contribution in [2.24, 2.45) is 11.7 Å². The van der Waals surface area contributed by atoms with Crippen LogP contribution < -0.4 is 21.7 Å². The van der Waals surface area contributed by atoms with Gasteiger partial charge in [-0.05, 0) is 38.5 Å². The summed E-state index contributed by atoms with van der Waals surface area (Å²) in [6.07, 6.45) is 3.58. The number of hydrogen-bond acceptors (Lipinski definition) is 4. The van der Waals surface area contributed by atoms with E-state index >= 15 is 0 Å². The molecule has 5 N–H and O–H groups in total. The highest BCUT2D eigenvalue weighted by Gasteiger charge is 2.30. The first-order valence-electron chi connectivity index (χ1n) is 8.75. The molecule has 7 nitrogen and oxygen atoms in total. The van der Waals surface area contributed by atoms with Crippen LogP contribution in [0, 0.1) is 5.92 Å². The van der Waals surface area contributed by atoms with Crippen LogP contribution in [0.15, 0.2) is 0 Å². The number of urea groups is 1. The number of nitrogens with two attached hydrogens (primary N) is 1. The summed E-state index contributed by atoms with van der Waals surface area (Å²) >= 11 is 0. The summed E-state index contributed by atoms with van der Waals surface area (Å²) in [4.78, 5) is 34.4. The van der Waals surface area contributed by atoms with Crippen molar-refractivity contribution in [3.05, 3.63) is 0 Å². The van der Waals surface area contributed by atoms with Gasteiger partial charge in [-0.2, -0.15) is 0 Å². The highest BCUT2D eigenvalue weighted by molar-refractivity contribution is 5.84. The molecule has 0 rings (SSSR count). The van der Waals surface area contributed by atoms with Crippen LogP contribution in [0.25, 0.3) is 0 Å². The number of amides is 3. The van der Waals surface area contributed by atoms with Crippen molar-refractivity contribution in [3.8, 4) is 0 Å². The van der Waals surface area contributed by atoms with Crippen molar-refractivity contribution < 1.29 is 14.4 Å². The molecular formula is C17H34N4O3. The van der Waals surface area contributed by atoms with E-state index in [0.717, 1.165) is 19.1 Å². The SMILES string of the molecule is CCC(C)(CC)NC(C(=O)N[C@H](C=O)CCCNC(N)=O)C(C)C. The van der Waals surface area contributed by atoms with Crippen molar-refractivity contribution in [1.29, 1.82) is 0 Å². The molecule has 0 saturated heterocycles. The van der Waals surface area contributed by atoms with E-state index in [1.165, 1.54) is 0 Å². The van der Waals surface area contributed by atoms with Gasteiger partial charge in [0.15, 0.2) is 0 Å². The summed E-state index contributed by atoms with van der Waals surface area (Å²) in [6.45, 7) is 10.6. The number of carbonyl (C=O) groups is 3. The minimum atomic E-state index is -0.593. The first kappa shape index (κ1) is 22.4. The summed E-state index contributed by atoms with van der Waals surface area (Å²) in [6, 6.07) is -1.52. The molecule has 0 radical (unpaired) electrons. The summed E-state index contributed by atoms with van der Waals surface area (Å²) < 4.78 is 0. The Morgan fingerprint density at radius 3 is 2.21 bits per heavy atom. The Labute approximate surface area is 145 Å². The molecule has 0 heterocycles. The third-order valence-electron chi connectivity index (χ3n) is 4.50. The molecule has 0 spiro atoms. The van der Waals surface area contributed by atoms with Crippen LogP contribution in [-0.4, -0.2) is 42.4 Å². The zero-order valence-corrected chi connectivity index (χ0v) is 15.6. The maximum Gasteiger partial charge on any atom is 0.312 e. The molecule has 3 amide bonds. The topological polar surface area (TPSA) is 113 Å². The van der Waals surface area contributed by atoms with Crippen molar-refractivity contribution in [2.45, 2.75) is 77.9 Å². The number of primary amides is 1. The summed E-state index contributed by atoms with van der Waals surface area (Å²) in [5.41, 5.74) is 4.87. The second-order valence-electron chi connectivity index (χ2n) is 6.82. The maximum absolute atomic E-state index is 12.6. The zero-order chi connectivity index (χ0) is 18.8. The highest BCUT2D eigenvalue weighted by atomic mass is 16.2. The first-order valence-corrected chi connectivity index (χ1v) is 8.75. The first-order chi connectivity index (χ1) is 11.2. The van der Waals surface area contributed by atoms with Gasteiger partial charge in [-0.1, -0.05) is 27.7 Å². The lowest BCUT2D eigenvalue weighted by Crippen LogP contribution is -2.57. The highest BCUT2D eigenvalue weighted by Crippen LogP contribution is 2.17. The van der Waals surface area contributed by atoms with E-state index < -0.39 is 12.1 Å². The molecule has 2 atom stereocenters. The molecule has 1 unspecified atom stereocenters. The van der Waals surface area contributed by atoms with Gasteiger partial charge in [-0.3, -0.25) is 4.79 Å². The van der Waals surface area contributed by atoms with E-state index in [1.54, 1.807) is 0 Å². The van der Waals surface area contributed by atoms with Crippen LogP contribution in [0.3, 0.4) is 0 Å². The van der Waals surface area contributed by atoms with Crippen LogP contribution in [0.2, 0.25) is 0 Å². The van der Waals surface area contributed by atoms with Crippen LogP contribution in [0.1, 0.15) is 60.3 Å². The van der Waals surface area contributed by atoms with Gasteiger partial charge in [0.25, 0.3) is 0 Å². The number of aldehydes is 1. The van der Waals surface area contributed by atoms with Crippen LogP contribution in [0.4, 0.5) is 4.79 Å². The lowest BCUT2D eigenvalue weighted by Gasteiger charge is -2.35. The molecule has 0 fully saturated rings. The molecule has 0 saturated carbocycles. The molecule has 0 aromatic rings. The van der Waals surface area contributed by atoms with E-state index in [9.17, 15) is 14.4 Å². The fourth-order valence-corrected chi connectivity index (χ4v) is 2.34. The Balaban J connectivity index is 4.67. The molecule has 140 valence electrons. The Morgan fingerprint density at radius 2 is 1.79 bits per heavy atom. The number of carbonyl (C=O) groups excluding carboxylic acids is 3. The van der Waals surface area contributed by atoms with Gasteiger partial charge in [-0.25, -0.2) is 4.79 Å². The van der Waals surface area contributed by atoms with E-state index in [0.29, 0.717) is 19.4 Å². The maximum atomic E-state index is 12.6. The van der Waals surface area contributed by atoms with Crippen molar-refractivity contribution >= 4 is 18.2 Å². The third-order valence-corrected chi connectivity index (χ3v) is 4.50. The lowest BCUT2D eigenvalue weighted by atomic mass is 9.91. The minimum absolute atomic E-state index is 0.103. The Hall–Kier alpha value is -1.63. The molecule has 7 heteroatoms. The Bertz CT molecular complexity index is 409. The van der Waals surface area contributed by atoms with Gasteiger partial charge >= 0.3 is 6.03 Å². The predicted molar refractivity (Wildman–Crippen MR) is 95.6 cm³/mol. The van der Waals surface area contributed by atoms with Crippen molar-refractivity contribution in [3.63, 3.8) is 0 Å². The smallest absolute Gasteiger partial charge is 0.312 e. The standard InChI is InChI=1S/C17H34N4O3/c1-6-17(5,7-2)21-14(12(3)4)15(23)20-13(11-22)9-8-10-19-16(18)24/h11-14,21H,6-10H2,1-5H3,(H,20,23)(H3,18,19,24)/t13-,14?/m0/s1. The van der Waals surface area contributed by atoms with Gasteiger partial charge < -0.3 is 26.5 Å². The fraction of sp³-hybridized carbons (Fsp3) is 0.824. The Kier molecular flexibility index (Phi) is 10.3. The monoisotopic (exact) mass is 342 g/mol. The van der Waals surface area contributed by atoms with E-state index in [-0.39, 0.29) is 23.4 Å². The molecule has 24 heavy (non-hydrogen) atoms. The fourth-order valence-electron chi connectivity index (χ4n) is 2.34. The average Bonchev–Trinajstić information content (AvgIpc) is 2.54. The zero-order valence-electron chi connectivity index (χ0n) is 15.6. The van der Waals surface area contributed by atoms with Gasteiger partial charge in [0, 0.05) is 12.1 Å². The molecule has 0 aliphatic carbocycles. The number of nitrogens with one attached hydrogen (secondary N) is 3.